The van der Waals surface area contributed by atoms with Crippen LogP contribution in [0.3, 0.4) is 0 Å². The third-order valence-electron chi connectivity index (χ3n) is 1.80. The zero-order chi connectivity index (χ0) is 11.4. The fraction of sp³-hybridized carbons (Fsp3) is 0.333. The number of likely N-dealkylation sites (N-methyl/N-ethyl adjacent to an activating group) is 1. The number of carbonyl (C=O) groups is 2. The summed E-state index contributed by atoms with van der Waals surface area (Å²) in [6, 6.07) is 3.52. The minimum atomic E-state index is -0.499. The molecule has 0 atom stereocenters. The molecule has 0 aliphatic rings. The summed E-state index contributed by atoms with van der Waals surface area (Å²) in [6.45, 7) is 2.24. The zero-order valence-electron chi connectivity index (χ0n) is 8.20. The lowest BCUT2D eigenvalue weighted by atomic mass is 10.3. The molecule has 0 unspecified atom stereocenters. The standard InChI is InChI=1S/C9H11BrN2O2S/c1-2-12(5-8(11)13)9(14)6-3-4-7(10)15-6/h3-4H,2,5H2,1H3,(H2,11,13). The maximum atomic E-state index is 11.8. The highest BCUT2D eigenvalue weighted by atomic mass is 79.9. The first-order chi connectivity index (χ1) is 7.04. The number of rotatable bonds is 4. The molecule has 6 heteroatoms. The van der Waals surface area contributed by atoms with Gasteiger partial charge in [0.2, 0.25) is 5.91 Å². The van der Waals surface area contributed by atoms with Crippen LogP contribution in [0.25, 0.3) is 0 Å². The second kappa shape index (κ2) is 5.27. The summed E-state index contributed by atoms with van der Waals surface area (Å²) >= 11 is 4.62. The molecule has 0 saturated carbocycles. The minimum Gasteiger partial charge on any atom is -0.368 e. The van der Waals surface area contributed by atoms with Crippen LogP contribution in [0.4, 0.5) is 0 Å². The molecule has 2 N–H and O–H groups in total. The number of thiophene rings is 1. The number of nitrogens with two attached hydrogens (primary N) is 1. The summed E-state index contributed by atoms with van der Waals surface area (Å²) in [5.74, 6) is -0.659. The van der Waals surface area contributed by atoms with Gasteiger partial charge in [0.15, 0.2) is 0 Å². The van der Waals surface area contributed by atoms with E-state index in [-0.39, 0.29) is 12.5 Å². The molecule has 0 bridgehead atoms. The molecule has 1 aromatic heterocycles. The Hall–Kier alpha value is -0.880. The Morgan fingerprint density at radius 1 is 1.53 bits per heavy atom. The Bertz CT molecular complexity index is 378. The molecule has 0 aliphatic carbocycles. The van der Waals surface area contributed by atoms with Crippen molar-refractivity contribution in [3.63, 3.8) is 0 Å². The second-order valence-electron chi connectivity index (χ2n) is 2.89. The van der Waals surface area contributed by atoms with Crippen molar-refractivity contribution in [3.8, 4) is 0 Å². The van der Waals surface area contributed by atoms with Gasteiger partial charge in [-0.25, -0.2) is 0 Å². The Morgan fingerprint density at radius 3 is 2.60 bits per heavy atom. The zero-order valence-corrected chi connectivity index (χ0v) is 10.6. The molecular weight excluding hydrogens is 280 g/mol. The third kappa shape index (κ3) is 3.32. The molecular formula is C9H11BrN2O2S. The summed E-state index contributed by atoms with van der Waals surface area (Å²) in [5, 5.41) is 0. The van der Waals surface area contributed by atoms with Crippen LogP contribution in [0, 0.1) is 0 Å². The predicted molar refractivity (Wildman–Crippen MR) is 62.8 cm³/mol. The van der Waals surface area contributed by atoms with Crippen LogP contribution in [0.15, 0.2) is 15.9 Å². The highest BCUT2D eigenvalue weighted by molar-refractivity contribution is 9.11. The van der Waals surface area contributed by atoms with Gasteiger partial charge in [0.25, 0.3) is 5.91 Å². The number of carbonyl (C=O) groups excluding carboxylic acids is 2. The fourth-order valence-corrected chi connectivity index (χ4v) is 2.45. The second-order valence-corrected chi connectivity index (χ2v) is 5.35. The summed E-state index contributed by atoms with van der Waals surface area (Å²) in [4.78, 5) is 24.6. The molecule has 0 saturated heterocycles. The normalized spacial score (nSPS) is 10.0. The molecule has 0 spiro atoms. The highest BCUT2D eigenvalue weighted by Crippen LogP contribution is 2.23. The molecule has 1 aromatic rings. The van der Waals surface area contributed by atoms with Crippen molar-refractivity contribution < 1.29 is 9.59 Å². The van der Waals surface area contributed by atoms with E-state index in [1.807, 2.05) is 6.92 Å². The molecule has 2 amide bonds. The van der Waals surface area contributed by atoms with Crippen LogP contribution in [0.1, 0.15) is 16.6 Å². The maximum Gasteiger partial charge on any atom is 0.264 e. The topological polar surface area (TPSA) is 63.4 Å². The average Bonchev–Trinajstić information content (AvgIpc) is 2.60. The summed E-state index contributed by atoms with van der Waals surface area (Å²) < 4.78 is 0.890. The Labute approximate surface area is 100 Å². The van der Waals surface area contributed by atoms with Crippen molar-refractivity contribution in [1.82, 2.24) is 4.90 Å². The predicted octanol–water partition coefficient (Wildman–Crippen LogP) is 1.46. The lowest BCUT2D eigenvalue weighted by molar-refractivity contribution is -0.118. The quantitative estimate of drug-likeness (QED) is 0.912. The average molecular weight is 291 g/mol. The van der Waals surface area contributed by atoms with Crippen molar-refractivity contribution in [2.45, 2.75) is 6.92 Å². The van der Waals surface area contributed by atoms with Gasteiger partial charge in [-0.3, -0.25) is 9.59 Å². The lowest BCUT2D eigenvalue weighted by Crippen LogP contribution is -2.37. The number of hydrogen-bond acceptors (Lipinski definition) is 3. The van der Waals surface area contributed by atoms with E-state index in [1.54, 1.807) is 12.1 Å². The van der Waals surface area contributed by atoms with E-state index in [1.165, 1.54) is 16.2 Å². The van der Waals surface area contributed by atoms with E-state index in [9.17, 15) is 9.59 Å². The van der Waals surface area contributed by atoms with Crippen molar-refractivity contribution in [3.05, 3.63) is 20.8 Å². The van der Waals surface area contributed by atoms with Crippen LogP contribution in [-0.4, -0.2) is 29.8 Å². The number of nitrogens with zero attached hydrogens (tertiary/aromatic N) is 1. The van der Waals surface area contributed by atoms with Gasteiger partial charge in [-0.1, -0.05) is 0 Å². The van der Waals surface area contributed by atoms with Gasteiger partial charge >= 0.3 is 0 Å². The van der Waals surface area contributed by atoms with Crippen LogP contribution in [0.5, 0.6) is 0 Å². The van der Waals surface area contributed by atoms with Gasteiger partial charge in [0, 0.05) is 6.54 Å². The van der Waals surface area contributed by atoms with Crippen molar-refractivity contribution in [2.75, 3.05) is 13.1 Å². The molecule has 0 fully saturated rings. The summed E-state index contributed by atoms with van der Waals surface area (Å²) in [6.07, 6.45) is 0. The van der Waals surface area contributed by atoms with Crippen LogP contribution >= 0.6 is 27.3 Å². The Morgan fingerprint density at radius 2 is 2.20 bits per heavy atom. The van der Waals surface area contributed by atoms with Gasteiger partial charge in [-0.2, -0.15) is 0 Å². The Kier molecular flexibility index (Phi) is 4.28. The largest absolute Gasteiger partial charge is 0.368 e. The van der Waals surface area contributed by atoms with Crippen molar-refractivity contribution >= 4 is 39.1 Å². The van der Waals surface area contributed by atoms with Crippen LogP contribution in [-0.2, 0) is 4.79 Å². The summed E-state index contributed by atoms with van der Waals surface area (Å²) in [5.41, 5.74) is 5.05. The minimum absolute atomic E-state index is 0.0369. The number of amides is 2. The molecule has 15 heavy (non-hydrogen) atoms. The van der Waals surface area contributed by atoms with Gasteiger partial charge in [0.05, 0.1) is 15.2 Å². The molecule has 1 heterocycles. The van der Waals surface area contributed by atoms with Gasteiger partial charge in [0.1, 0.15) is 0 Å². The van der Waals surface area contributed by atoms with E-state index in [2.05, 4.69) is 15.9 Å². The monoisotopic (exact) mass is 290 g/mol. The third-order valence-corrected chi connectivity index (χ3v) is 3.41. The van der Waals surface area contributed by atoms with E-state index in [0.717, 1.165) is 3.79 Å². The number of primary amides is 1. The smallest absolute Gasteiger partial charge is 0.264 e. The van der Waals surface area contributed by atoms with E-state index < -0.39 is 5.91 Å². The van der Waals surface area contributed by atoms with Crippen LogP contribution in [0.2, 0.25) is 0 Å². The number of hydrogen-bond donors (Lipinski definition) is 1. The van der Waals surface area contributed by atoms with E-state index in [0.29, 0.717) is 11.4 Å². The lowest BCUT2D eigenvalue weighted by Gasteiger charge is -2.17. The Balaban J connectivity index is 2.77. The molecule has 0 radical (unpaired) electrons. The van der Waals surface area contributed by atoms with E-state index in [4.69, 9.17) is 5.73 Å². The van der Waals surface area contributed by atoms with Gasteiger partial charge in [-0.15, -0.1) is 11.3 Å². The molecule has 0 aromatic carbocycles. The van der Waals surface area contributed by atoms with Crippen LogP contribution < -0.4 is 5.73 Å². The SMILES string of the molecule is CCN(CC(N)=O)C(=O)c1ccc(Br)s1. The van der Waals surface area contributed by atoms with Gasteiger partial charge in [-0.05, 0) is 35.0 Å². The molecule has 1 rings (SSSR count). The first kappa shape index (κ1) is 12.2. The van der Waals surface area contributed by atoms with Crippen molar-refractivity contribution in [2.24, 2.45) is 5.73 Å². The highest BCUT2D eigenvalue weighted by Gasteiger charge is 2.17. The fourth-order valence-electron chi connectivity index (χ4n) is 1.10. The first-order valence-corrected chi connectivity index (χ1v) is 5.98. The first-order valence-electron chi connectivity index (χ1n) is 4.37. The molecule has 82 valence electrons. The van der Waals surface area contributed by atoms with E-state index >= 15 is 0 Å². The van der Waals surface area contributed by atoms with Crippen molar-refractivity contribution in [1.29, 1.82) is 0 Å². The summed E-state index contributed by atoms with van der Waals surface area (Å²) in [7, 11) is 0. The van der Waals surface area contributed by atoms with Gasteiger partial charge < -0.3 is 10.6 Å². The molecule has 0 aliphatic heterocycles. The number of halogens is 1. The maximum absolute atomic E-state index is 11.8. The molecule has 4 nitrogen and oxygen atoms in total.